The monoisotopic (exact) mass is 422 g/mol. The van der Waals surface area contributed by atoms with Crippen LogP contribution in [0.25, 0.3) is 0 Å². The Kier molecular flexibility index (Phi) is 9.80. The lowest BCUT2D eigenvalue weighted by atomic mass is 9.98. The molecule has 0 heterocycles. The number of carbonyl (C=O) groups is 1. The van der Waals surface area contributed by atoms with Crippen molar-refractivity contribution in [1.82, 2.24) is 0 Å². The minimum Gasteiger partial charge on any atom is -0.489 e. The molecule has 0 saturated carbocycles. The van der Waals surface area contributed by atoms with E-state index in [2.05, 4.69) is 6.92 Å². The van der Waals surface area contributed by atoms with Gasteiger partial charge in [0, 0.05) is 18.9 Å². The zero-order chi connectivity index (χ0) is 22.0. The summed E-state index contributed by atoms with van der Waals surface area (Å²) in [5.41, 5.74) is 3.03. The van der Waals surface area contributed by atoms with Gasteiger partial charge in [-0.15, -0.1) is 0 Å². The number of alkyl halides is 2. The van der Waals surface area contributed by atoms with Crippen molar-refractivity contribution in [3.63, 3.8) is 0 Å². The summed E-state index contributed by atoms with van der Waals surface area (Å²) in [4.78, 5) is 10.8. The molecule has 0 spiro atoms. The molecule has 0 amide bonds. The molecule has 0 atom stereocenters. The Labute approximate surface area is 179 Å². The normalized spacial score (nSPS) is 14.4. The molecule has 168 valence electrons. The second kappa shape index (κ2) is 12.1. The number of carboxylic acid groups (broad SMARTS) is 1. The highest BCUT2D eigenvalue weighted by Gasteiger charge is 2.28. The number of carboxylic acids is 1. The van der Waals surface area contributed by atoms with Gasteiger partial charge in [0.1, 0.15) is 12.4 Å². The van der Waals surface area contributed by atoms with Crippen LogP contribution < -0.4 is 4.74 Å². The van der Waals surface area contributed by atoms with E-state index >= 15 is 0 Å². The summed E-state index contributed by atoms with van der Waals surface area (Å²) in [6, 6.07) is 4.63. The Morgan fingerprint density at radius 1 is 1.07 bits per heavy atom. The number of rotatable bonds is 14. The van der Waals surface area contributed by atoms with Crippen molar-refractivity contribution < 1.29 is 23.4 Å². The number of benzene rings is 1. The minimum absolute atomic E-state index is 0.0853. The molecule has 0 unspecified atom stereocenters. The molecule has 3 nitrogen and oxygen atoms in total. The highest BCUT2D eigenvalue weighted by molar-refractivity contribution is 5.67. The van der Waals surface area contributed by atoms with Gasteiger partial charge in [-0.1, -0.05) is 50.7 Å². The van der Waals surface area contributed by atoms with Crippen LogP contribution in [-0.4, -0.2) is 17.7 Å². The molecule has 0 radical (unpaired) electrons. The summed E-state index contributed by atoms with van der Waals surface area (Å²) in [7, 11) is 0. The van der Waals surface area contributed by atoms with Crippen LogP contribution in [0, 0.1) is 0 Å². The molecule has 0 aliphatic heterocycles. The molecule has 0 saturated heterocycles. The summed E-state index contributed by atoms with van der Waals surface area (Å²) in [5, 5.41) is 8.85. The molecule has 2 rings (SSSR count). The number of ether oxygens (including phenoxy) is 1. The van der Waals surface area contributed by atoms with Gasteiger partial charge in [0.05, 0.1) is 0 Å². The first-order valence-electron chi connectivity index (χ1n) is 11.4. The van der Waals surface area contributed by atoms with Gasteiger partial charge in [-0.2, -0.15) is 0 Å². The summed E-state index contributed by atoms with van der Waals surface area (Å²) in [6.45, 7) is 3.52. The van der Waals surface area contributed by atoms with E-state index in [1.54, 1.807) is 12.1 Å². The maximum Gasteiger partial charge on any atom is 0.303 e. The number of unbranched alkanes of at least 4 members (excludes halogenated alkanes) is 5. The van der Waals surface area contributed by atoms with E-state index in [-0.39, 0.29) is 18.4 Å². The van der Waals surface area contributed by atoms with E-state index in [0.717, 1.165) is 32.6 Å². The topological polar surface area (TPSA) is 46.5 Å². The standard InChI is InChI=1S/C25H36F2O3/c1-3-4-5-6-7-8-10-19-11-9-12-21(19)18-30-22-15-13-20(14-16-24(28)29)23(17-22)25(2,26)27/h13,15,17H,3-12,14,16,18H2,1-2H3,(H,28,29). The molecular formula is C25H36F2O3. The fraction of sp³-hybridized carbons (Fsp3) is 0.640. The summed E-state index contributed by atoms with van der Waals surface area (Å²) >= 11 is 0. The van der Waals surface area contributed by atoms with Gasteiger partial charge in [0.15, 0.2) is 0 Å². The molecule has 1 aliphatic carbocycles. The zero-order valence-corrected chi connectivity index (χ0v) is 18.4. The number of aryl methyl sites for hydroxylation is 1. The number of allylic oxidation sites excluding steroid dienone is 1. The first kappa shape index (κ1) is 24.4. The largest absolute Gasteiger partial charge is 0.489 e. The zero-order valence-electron chi connectivity index (χ0n) is 18.4. The number of aliphatic carboxylic acids is 1. The van der Waals surface area contributed by atoms with Crippen LogP contribution in [0.15, 0.2) is 29.3 Å². The molecule has 1 aromatic carbocycles. The second-order valence-electron chi connectivity index (χ2n) is 8.47. The molecule has 30 heavy (non-hydrogen) atoms. The van der Waals surface area contributed by atoms with Gasteiger partial charge in [-0.25, -0.2) is 8.78 Å². The van der Waals surface area contributed by atoms with E-state index in [1.807, 2.05) is 0 Å². The predicted octanol–water partition coefficient (Wildman–Crippen LogP) is 7.43. The van der Waals surface area contributed by atoms with Crippen LogP contribution in [0.3, 0.4) is 0 Å². The average Bonchev–Trinajstić information content (AvgIpc) is 3.14. The van der Waals surface area contributed by atoms with Crippen molar-refractivity contribution in [2.45, 2.75) is 96.8 Å². The quantitative estimate of drug-likeness (QED) is 0.250. The van der Waals surface area contributed by atoms with Crippen LogP contribution in [0.1, 0.15) is 95.6 Å². The van der Waals surface area contributed by atoms with Gasteiger partial charge in [-0.05, 0) is 61.8 Å². The summed E-state index contributed by atoms with van der Waals surface area (Å²) in [6.07, 6.45) is 12.0. The van der Waals surface area contributed by atoms with Gasteiger partial charge in [0.25, 0.3) is 5.92 Å². The SMILES string of the molecule is CCCCCCCCC1=C(COc2ccc(CCC(=O)O)c(C(C)(F)F)c2)CCC1. The van der Waals surface area contributed by atoms with Gasteiger partial charge < -0.3 is 9.84 Å². The van der Waals surface area contributed by atoms with Crippen molar-refractivity contribution in [2.24, 2.45) is 0 Å². The molecule has 0 bridgehead atoms. The number of halogens is 2. The Hall–Kier alpha value is -1.91. The Balaban J connectivity index is 1.95. The van der Waals surface area contributed by atoms with Crippen LogP contribution in [0.4, 0.5) is 8.78 Å². The Bertz CT molecular complexity index is 720. The maximum absolute atomic E-state index is 14.1. The number of hydrogen-bond donors (Lipinski definition) is 1. The molecule has 5 heteroatoms. The first-order valence-corrected chi connectivity index (χ1v) is 11.4. The second-order valence-corrected chi connectivity index (χ2v) is 8.47. The van der Waals surface area contributed by atoms with E-state index in [9.17, 15) is 13.6 Å². The van der Waals surface area contributed by atoms with E-state index < -0.39 is 11.9 Å². The highest BCUT2D eigenvalue weighted by atomic mass is 19.3. The van der Waals surface area contributed by atoms with Crippen LogP contribution in [-0.2, 0) is 17.1 Å². The van der Waals surface area contributed by atoms with Crippen molar-refractivity contribution in [3.05, 3.63) is 40.5 Å². The van der Waals surface area contributed by atoms with Gasteiger partial charge >= 0.3 is 5.97 Å². The van der Waals surface area contributed by atoms with Gasteiger partial charge in [0.2, 0.25) is 0 Å². The smallest absolute Gasteiger partial charge is 0.303 e. The Morgan fingerprint density at radius 2 is 1.77 bits per heavy atom. The first-order chi connectivity index (χ1) is 14.3. The van der Waals surface area contributed by atoms with Crippen LogP contribution in [0.5, 0.6) is 5.75 Å². The average molecular weight is 423 g/mol. The molecule has 1 aromatic rings. The van der Waals surface area contributed by atoms with E-state index in [1.165, 1.54) is 55.7 Å². The van der Waals surface area contributed by atoms with Crippen molar-refractivity contribution >= 4 is 5.97 Å². The summed E-state index contributed by atoms with van der Waals surface area (Å²) < 4.78 is 34.0. The van der Waals surface area contributed by atoms with Gasteiger partial charge in [-0.3, -0.25) is 4.79 Å². The molecule has 0 aromatic heterocycles. The maximum atomic E-state index is 14.1. The summed E-state index contributed by atoms with van der Waals surface area (Å²) in [5.74, 6) is -3.61. The number of hydrogen-bond acceptors (Lipinski definition) is 2. The lowest BCUT2D eigenvalue weighted by Crippen LogP contribution is -2.13. The van der Waals surface area contributed by atoms with E-state index in [4.69, 9.17) is 9.84 Å². The third-order valence-corrected chi connectivity index (χ3v) is 5.86. The molecule has 0 fully saturated rings. The molecule has 1 N–H and O–H groups in total. The van der Waals surface area contributed by atoms with E-state index in [0.29, 0.717) is 17.9 Å². The third kappa shape index (κ3) is 8.08. The fourth-order valence-electron chi connectivity index (χ4n) is 4.15. The van der Waals surface area contributed by atoms with Crippen LogP contribution in [0.2, 0.25) is 0 Å². The highest BCUT2D eigenvalue weighted by Crippen LogP contribution is 2.35. The third-order valence-electron chi connectivity index (χ3n) is 5.86. The lowest BCUT2D eigenvalue weighted by Gasteiger charge is -2.18. The lowest BCUT2D eigenvalue weighted by molar-refractivity contribution is -0.137. The van der Waals surface area contributed by atoms with Crippen molar-refractivity contribution in [3.8, 4) is 5.75 Å². The minimum atomic E-state index is -3.04. The van der Waals surface area contributed by atoms with Crippen molar-refractivity contribution in [1.29, 1.82) is 0 Å². The Morgan fingerprint density at radius 3 is 2.47 bits per heavy atom. The molecule has 1 aliphatic rings. The van der Waals surface area contributed by atoms with Crippen molar-refractivity contribution in [2.75, 3.05) is 6.61 Å². The van der Waals surface area contributed by atoms with Crippen LogP contribution >= 0.6 is 0 Å². The predicted molar refractivity (Wildman–Crippen MR) is 116 cm³/mol. The molecular weight excluding hydrogens is 386 g/mol. The fourth-order valence-corrected chi connectivity index (χ4v) is 4.15.